The Kier molecular flexibility index (Phi) is 4.08. The molecule has 126 valence electrons. The van der Waals surface area contributed by atoms with E-state index in [0.29, 0.717) is 5.75 Å². The molecule has 3 rings (SSSR count). The Hall–Kier alpha value is -2.72. The van der Waals surface area contributed by atoms with Crippen LogP contribution in [0.25, 0.3) is 11.2 Å². The van der Waals surface area contributed by atoms with Crippen molar-refractivity contribution in [2.45, 2.75) is 18.6 Å². The van der Waals surface area contributed by atoms with Gasteiger partial charge in [-0.15, -0.1) is 0 Å². The minimum atomic E-state index is -4.79. The molecule has 2 aromatic heterocycles. The number of hydrogen-bond donors (Lipinski definition) is 1. The number of aromatic nitrogens is 4. The van der Waals surface area contributed by atoms with Gasteiger partial charge in [0.1, 0.15) is 18.7 Å². The first kappa shape index (κ1) is 16.1. The molecule has 0 fully saturated rings. The molecule has 2 N–H and O–H groups in total. The van der Waals surface area contributed by atoms with Crippen LogP contribution in [0.3, 0.4) is 0 Å². The third kappa shape index (κ3) is 3.14. The lowest BCUT2D eigenvalue weighted by molar-refractivity contribution is 0.293. The van der Waals surface area contributed by atoms with E-state index in [1.807, 2.05) is 19.1 Å². The number of nitrogens with zero attached hydrogens (tertiary/aromatic N) is 4. The van der Waals surface area contributed by atoms with Crippen LogP contribution in [-0.2, 0) is 16.7 Å². The Morgan fingerprint density at radius 2 is 1.96 bits per heavy atom. The maximum absolute atomic E-state index is 11.4. The molecule has 0 radical (unpaired) electrons. The number of aryl methyl sites for hydroxylation is 1. The Balaban J connectivity index is 1.90. The molecular weight excluding hydrogens is 334 g/mol. The van der Waals surface area contributed by atoms with Gasteiger partial charge in [-0.3, -0.25) is 4.57 Å². The number of nitrogens with two attached hydrogens (primary N) is 1. The minimum Gasteiger partial charge on any atom is -0.742 e. The van der Waals surface area contributed by atoms with Crippen molar-refractivity contribution in [1.82, 2.24) is 19.5 Å². The molecular formula is C14H14N5O4S-. The summed E-state index contributed by atoms with van der Waals surface area (Å²) in [7, 11) is -4.79. The van der Waals surface area contributed by atoms with E-state index in [1.54, 1.807) is 12.1 Å². The van der Waals surface area contributed by atoms with Gasteiger partial charge in [-0.1, -0.05) is 17.7 Å². The van der Waals surface area contributed by atoms with E-state index in [0.717, 1.165) is 5.56 Å². The summed E-state index contributed by atoms with van der Waals surface area (Å²) in [5.74, 6) is 0.633. The van der Waals surface area contributed by atoms with Crippen molar-refractivity contribution in [3.8, 4) is 5.75 Å². The molecule has 0 aliphatic carbocycles. The van der Waals surface area contributed by atoms with Gasteiger partial charge in [0.15, 0.2) is 27.1 Å². The van der Waals surface area contributed by atoms with Crippen LogP contribution >= 0.6 is 0 Å². The number of nitrogen functional groups attached to an aromatic ring is 1. The summed E-state index contributed by atoms with van der Waals surface area (Å²) in [6.07, 6.45) is 1.18. The van der Waals surface area contributed by atoms with E-state index in [9.17, 15) is 13.0 Å². The minimum absolute atomic E-state index is 0.00287. The van der Waals surface area contributed by atoms with Gasteiger partial charge in [-0.05, 0) is 19.1 Å². The van der Waals surface area contributed by atoms with Crippen LogP contribution in [-0.4, -0.2) is 39.1 Å². The molecule has 0 bridgehead atoms. The average molecular weight is 348 g/mol. The summed E-state index contributed by atoms with van der Waals surface area (Å²) in [6, 6.07) is 7.38. The molecule has 0 atom stereocenters. The van der Waals surface area contributed by atoms with Crippen molar-refractivity contribution in [2.75, 3.05) is 12.3 Å². The molecule has 9 nitrogen and oxygen atoms in total. The van der Waals surface area contributed by atoms with Gasteiger partial charge in [0.2, 0.25) is 5.16 Å². The number of rotatable bonds is 5. The van der Waals surface area contributed by atoms with E-state index in [1.165, 1.54) is 10.9 Å². The first-order valence-electron chi connectivity index (χ1n) is 6.98. The predicted molar refractivity (Wildman–Crippen MR) is 84.4 cm³/mol. The molecule has 2 heterocycles. The summed E-state index contributed by atoms with van der Waals surface area (Å²) in [5, 5.41) is -0.655. The number of imidazole rings is 1. The number of hydrogen-bond acceptors (Lipinski definition) is 8. The lowest BCUT2D eigenvalue weighted by Crippen LogP contribution is -2.15. The summed E-state index contributed by atoms with van der Waals surface area (Å²) >= 11 is 0. The number of fused-ring (bicyclic) bond motifs is 1. The van der Waals surface area contributed by atoms with Crippen molar-refractivity contribution in [3.05, 3.63) is 36.2 Å². The van der Waals surface area contributed by atoms with Gasteiger partial charge in [-0.25, -0.2) is 23.4 Å². The van der Waals surface area contributed by atoms with Crippen LogP contribution < -0.4 is 10.5 Å². The van der Waals surface area contributed by atoms with E-state index in [-0.39, 0.29) is 30.1 Å². The van der Waals surface area contributed by atoms with Gasteiger partial charge in [0, 0.05) is 0 Å². The molecule has 3 aromatic rings. The van der Waals surface area contributed by atoms with E-state index >= 15 is 0 Å². The van der Waals surface area contributed by atoms with E-state index in [2.05, 4.69) is 15.0 Å². The lowest BCUT2D eigenvalue weighted by Gasteiger charge is -2.12. The Bertz CT molecular complexity index is 982. The van der Waals surface area contributed by atoms with Gasteiger partial charge >= 0.3 is 0 Å². The molecule has 0 amide bonds. The van der Waals surface area contributed by atoms with Crippen molar-refractivity contribution >= 4 is 27.1 Å². The molecule has 0 aliphatic rings. The van der Waals surface area contributed by atoms with Crippen molar-refractivity contribution in [1.29, 1.82) is 0 Å². The van der Waals surface area contributed by atoms with Crippen LogP contribution in [0.15, 0.2) is 35.7 Å². The summed E-state index contributed by atoms with van der Waals surface area (Å²) in [5.41, 5.74) is 7.00. The van der Waals surface area contributed by atoms with Crippen LogP contribution in [0.5, 0.6) is 5.75 Å². The lowest BCUT2D eigenvalue weighted by atomic mass is 10.2. The number of anilines is 1. The first-order valence-corrected chi connectivity index (χ1v) is 8.39. The van der Waals surface area contributed by atoms with Crippen LogP contribution in [0, 0.1) is 6.92 Å². The molecule has 24 heavy (non-hydrogen) atoms. The standard InChI is InChI=1S/C14H15N5O4S/c1-9-2-4-10(5-3-9)23-7-6-19-13-11(12(15)16-8-17-13)18-14(19)24(20,21)22/h2-5,8H,6-7H2,1H3,(H2,15,16,17)(H,20,21,22)/p-1. The second-order valence-corrected chi connectivity index (χ2v) is 6.37. The second-order valence-electron chi connectivity index (χ2n) is 5.09. The molecule has 10 heteroatoms. The summed E-state index contributed by atoms with van der Waals surface area (Å²) < 4.78 is 41.0. The fourth-order valence-electron chi connectivity index (χ4n) is 2.22. The zero-order valence-electron chi connectivity index (χ0n) is 12.7. The van der Waals surface area contributed by atoms with Crippen molar-refractivity contribution < 1.29 is 17.7 Å². The van der Waals surface area contributed by atoms with Crippen LogP contribution in [0.2, 0.25) is 0 Å². The Labute approximate surface area is 137 Å². The predicted octanol–water partition coefficient (Wildman–Crippen LogP) is 0.700. The molecule has 0 saturated heterocycles. The highest BCUT2D eigenvalue weighted by Gasteiger charge is 2.19. The first-order chi connectivity index (χ1) is 11.4. The van der Waals surface area contributed by atoms with Crippen molar-refractivity contribution in [2.24, 2.45) is 0 Å². The van der Waals surface area contributed by atoms with Gasteiger partial charge in [0.25, 0.3) is 0 Å². The van der Waals surface area contributed by atoms with E-state index < -0.39 is 15.3 Å². The third-order valence-electron chi connectivity index (χ3n) is 3.35. The highest BCUT2D eigenvalue weighted by atomic mass is 32.2. The van der Waals surface area contributed by atoms with Crippen LogP contribution in [0.1, 0.15) is 5.56 Å². The number of ether oxygens (including phenoxy) is 1. The fraction of sp³-hybridized carbons (Fsp3) is 0.214. The number of benzene rings is 1. The average Bonchev–Trinajstić information content (AvgIpc) is 2.90. The third-order valence-corrected chi connectivity index (χ3v) is 4.11. The van der Waals surface area contributed by atoms with E-state index in [4.69, 9.17) is 10.5 Å². The molecule has 0 unspecified atom stereocenters. The van der Waals surface area contributed by atoms with Gasteiger partial charge in [0.05, 0.1) is 6.54 Å². The zero-order valence-corrected chi connectivity index (χ0v) is 13.5. The maximum atomic E-state index is 11.4. The highest BCUT2D eigenvalue weighted by Crippen LogP contribution is 2.21. The largest absolute Gasteiger partial charge is 0.742 e. The SMILES string of the molecule is Cc1ccc(OCCn2c(S(=O)(=O)[O-])nc3c(N)ncnc32)cc1. The highest BCUT2D eigenvalue weighted by molar-refractivity contribution is 7.85. The molecule has 0 spiro atoms. The normalized spacial score (nSPS) is 11.8. The second kappa shape index (κ2) is 6.06. The molecule has 1 aromatic carbocycles. The molecule has 0 aliphatic heterocycles. The maximum Gasteiger partial charge on any atom is 0.217 e. The summed E-state index contributed by atoms with van der Waals surface area (Å²) in [4.78, 5) is 11.5. The fourth-order valence-corrected chi connectivity index (χ4v) is 2.87. The Morgan fingerprint density at radius 3 is 2.62 bits per heavy atom. The van der Waals surface area contributed by atoms with Gasteiger partial charge < -0.3 is 15.0 Å². The monoisotopic (exact) mass is 348 g/mol. The van der Waals surface area contributed by atoms with Crippen LogP contribution in [0.4, 0.5) is 5.82 Å². The summed E-state index contributed by atoms with van der Waals surface area (Å²) in [6.45, 7) is 2.15. The quantitative estimate of drug-likeness (QED) is 0.665. The zero-order chi connectivity index (χ0) is 17.3. The molecule has 0 saturated carbocycles. The smallest absolute Gasteiger partial charge is 0.217 e. The van der Waals surface area contributed by atoms with Crippen molar-refractivity contribution in [3.63, 3.8) is 0 Å². The topological polar surface area (TPSA) is 136 Å². The Morgan fingerprint density at radius 1 is 1.25 bits per heavy atom. The van der Waals surface area contributed by atoms with Gasteiger partial charge in [-0.2, -0.15) is 0 Å².